The molecule has 130 valence electrons. The molecule has 3 rings (SSSR count). The SMILES string of the molecule is N#Cc1ccc(Oc2ccc(C(=O)c3cc(N)cc(N)c3)cc2)cc1C#N. The highest BCUT2D eigenvalue weighted by molar-refractivity contribution is 6.10. The Morgan fingerprint density at radius 3 is 1.93 bits per heavy atom. The minimum atomic E-state index is -0.203. The van der Waals surface area contributed by atoms with Gasteiger partial charge in [0.25, 0.3) is 0 Å². The molecule has 6 nitrogen and oxygen atoms in total. The largest absolute Gasteiger partial charge is 0.457 e. The van der Waals surface area contributed by atoms with Crippen molar-refractivity contribution in [2.24, 2.45) is 0 Å². The molecule has 0 radical (unpaired) electrons. The van der Waals surface area contributed by atoms with Crippen LogP contribution in [0.5, 0.6) is 11.5 Å². The Hall–Kier alpha value is -4.29. The van der Waals surface area contributed by atoms with Gasteiger partial charge in [0.15, 0.2) is 5.78 Å². The molecule has 0 bridgehead atoms. The monoisotopic (exact) mass is 354 g/mol. The smallest absolute Gasteiger partial charge is 0.193 e. The number of rotatable bonds is 4. The quantitative estimate of drug-likeness (QED) is 0.544. The van der Waals surface area contributed by atoms with E-state index in [1.807, 2.05) is 12.1 Å². The first kappa shape index (κ1) is 17.5. The minimum Gasteiger partial charge on any atom is -0.457 e. The fourth-order valence-electron chi connectivity index (χ4n) is 2.56. The summed E-state index contributed by atoms with van der Waals surface area (Å²) in [5.74, 6) is 0.714. The second-order valence-corrected chi connectivity index (χ2v) is 5.77. The summed E-state index contributed by atoms with van der Waals surface area (Å²) >= 11 is 0. The molecule has 0 saturated heterocycles. The number of carbonyl (C=O) groups is 1. The lowest BCUT2D eigenvalue weighted by molar-refractivity contribution is 0.103. The zero-order valence-corrected chi connectivity index (χ0v) is 14.1. The van der Waals surface area contributed by atoms with Gasteiger partial charge >= 0.3 is 0 Å². The molecule has 0 heterocycles. The zero-order chi connectivity index (χ0) is 19.4. The van der Waals surface area contributed by atoms with Crippen molar-refractivity contribution in [3.63, 3.8) is 0 Å². The maximum atomic E-state index is 12.6. The van der Waals surface area contributed by atoms with E-state index in [4.69, 9.17) is 26.7 Å². The van der Waals surface area contributed by atoms with Crippen LogP contribution in [0.2, 0.25) is 0 Å². The van der Waals surface area contributed by atoms with Gasteiger partial charge < -0.3 is 16.2 Å². The molecule has 0 aliphatic carbocycles. The Labute approximate surface area is 155 Å². The number of benzene rings is 3. The predicted octanol–water partition coefficient (Wildman–Crippen LogP) is 3.62. The van der Waals surface area contributed by atoms with Crippen LogP contribution in [0.3, 0.4) is 0 Å². The number of hydrogen-bond donors (Lipinski definition) is 2. The Morgan fingerprint density at radius 1 is 0.741 bits per heavy atom. The lowest BCUT2D eigenvalue weighted by atomic mass is 10.0. The molecule has 0 atom stereocenters. The Bertz CT molecular complexity index is 1090. The number of carbonyl (C=O) groups excluding carboxylic acids is 1. The van der Waals surface area contributed by atoms with Gasteiger partial charge in [0.1, 0.15) is 23.6 Å². The molecular weight excluding hydrogens is 340 g/mol. The van der Waals surface area contributed by atoms with Crippen LogP contribution in [0, 0.1) is 22.7 Å². The summed E-state index contributed by atoms with van der Waals surface area (Å²) in [6, 6.07) is 19.8. The summed E-state index contributed by atoms with van der Waals surface area (Å²) in [5.41, 5.74) is 13.7. The maximum Gasteiger partial charge on any atom is 0.193 e. The lowest BCUT2D eigenvalue weighted by Gasteiger charge is -2.08. The van der Waals surface area contributed by atoms with E-state index in [0.717, 1.165) is 0 Å². The van der Waals surface area contributed by atoms with Gasteiger partial charge in [-0.15, -0.1) is 0 Å². The van der Waals surface area contributed by atoms with Crippen molar-refractivity contribution < 1.29 is 9.53 Å². The van der Waals surface area contributed by atoms with E-state index in [1.54, 1.807) is 48.5 Å². The molecule has 0 aromatic heterocycles. The highest BCUT2D eigenvalue weighted by atomic mass is 16.5. The van der Waals surface area contributed by atoms with Crippen molar-refractivity contribution in [2.75, 3.05) is 11.5 Å². The zero-order valence-electron chi connectivity index (χ0n) is 14.1. The standard InChI is InChI=1S/C21H14N4O2/c22-11-14-3-6-20(9-16(14)12-23)27-19-4-1-13(2-5-19)21(26)15-7-17(24)10-18(25)8-15/h1-10H,24-25H2. The number of hydrogen-bond acceptors (Lipinski definition) is 6. The van der Waals surface area contributed by atoms with Crippen molar-refractivity contribution >= 4 is 17.2 Å². The van der Waals surface area contributed by atoms with E-state index in [2.05, 4.69) is 0 Å². The van der Waals surface area contributed by atoms with Crippen LogP contribution < -0.4 is 16.2 Å². The molecule has 27 heavy (non-hydrogen) atoms. The van der Waals surface area contributed by atoms with Gasteiger partial charge in [-0.2, -0.15) is 10.5 Å². The molecule has 0 spiro atoms. The van der Waals surface area contributed by atoms with Crippen LogP contribution in [0.1, 0.15) is 27.0 Å². The summed E-state index contributed by atoms with van der Waals surface area (Å²) in [7, 11) is 0. The van der Waals surface area contributed by atoms with Gasteiger partial charge in [-0.25, -0.2) is 0 Å². The lowest BCUT2D eigenvalue weighted by Crippen LogP contribution is -2.03. The van der Waals surface area contributed by atoms with Gasteiger partial charge in [-0.1, -0.05) is 0 Å². The fraction of sp³-hybridized carbons (Fsp3) is 0. The van der Waals surface area contributed by atoms with E-state index < -0.39 is 0 Å². The van der Waals surface area contributed by atoms with E-state index in [1.165, 1.54) is 12.1 Å². The number of anilines is 2. The van der Waals surface area contributed by atoms with Crippen molar-refractivity contribution in [3.05, 3.63) is 82.9 Å². The summed E-state index contributed by atoms with van der Waals surface area (Å²) in [5, 5.41) is 18.0. The summed E-state index contributed by atoms with van der Waals surface area (Å²) in [6.07, 6.45) is 0. The van der Waals surface area contributed by atoms with Crippen LogP contribution in [0.25, 0.3) is 0 Å². The summed E-state index contributed by atoms with van der Waals surface area (Å²) in [4.78, 5) is 12.6. The average molecular weight is 354 g/mol. The second kappa shape index (κ2) is 7.30. The molecule has 3 aromatic carbocycles. The third kappa shape index (κ3) is 3.87. The summed E-state index contributed by atoms with van der Waals surface area (Å²) < 4.78 is 5.69. The van der Waals surface area contributed by atoms with Gasteiger partial charge in [-0.05, 0) is 60.7 Å². The second-order valence-electron chi connectivity index (χ2n) is 5.77. The molecule has 4 N–H and O–H groups in total. The highest BCUT2D eigenvalue weighted by Gasteiger charge is 2.11. The van der Waals surface area contributed by atoms with Gasteiger partial charge in [0.2, 0.25) is 0 Å². The molecule has 0 amide bonds. The first-order valence-electron chi connectivity index (χ1n) is 7.93. The van der Waals surface area contributed by atoms with Crippen molar-refractivity contribution in [1.82, 2.24) is 0 Å². The number of nitriles is 2. The molecule has 0 saturated carbocycles. The third-order valence-corrected chi connectivity index (χ3v) is 3.82. The molecule has 3 aromatic rings. The van der Waals surface area contributed by atoms with E-state index in [0.29, 0.717) is 34.0 Å². The van der Waals surface area contributed by atoms with Crippen LogP contribution >= 0.6 is 0 Å². The fourth-order valence-corrected chi connectivity index (χ4v) is 2.56. The van der Waals surface area contributed by atoms with Crippen LogP contribution in [0.4, 0.5) is 11.4 Å². The molecule has 0 aliphatic heterocycles. The maximum absolute atomic E-state index is 12.6. The average Bonchev–Trinajstić information content (AvgIpc) is 2.67. The van der Waals surface area contributed by atoms with Crippen LogP contribution in [0.15, 0.2) is 60.7 Å². The predicted molar refractivity (Wildman–Crippen MR) is 101 cm³/mol. The van der Waals surface area contributed by atoms with E-state index in [9.17, 15) is 4.79 Å². The molecule has 6 heteroatoms. The Morgan fingerprint density at radius 2 is 1.33 bits per heavy atom. The minimum absolute atomic E-state index is 0.203. The summed E-state index contributed by atoms with van der Waals surface area (Å²) in [6.45, 7) is 0. The van der Waals surface area contributed by atoms with Crippen molar-refractivity contribution in [3.8, 4) is 23.6 Å². The first-order valence-corrected chi connectivity index (χ1v) is 7.93. The van der Waals surface area contributed by atoms with E-state index >= 15 is 0 Å². The van der Waals surface area contributed by atoms with Crippen molar-refractivity contribution in [1.29, 1.82) is 10.5 Å². The Balaban J connectivity index is 1.81. The highest BCUT2D eigenvalue weighted by Crippen LogP contribution is 2.25. The number of nitrogens with zero attached hydrogens (tertiary/aromatic N) is 2. The number of nitrogens with two attached hydrogens (primary N) is 2. The van der Waals surface area contributed by atoms with Crippen LogP contribution in [-0.4, -0.2) is 5.78 Å². The first-order chi connectivity index (χ1) is 13.0. The van der Waals surface area contributed by atoms with E-state index in [-0.39, 0.29) is 16.9 Å². The van der Waals surface area contributed by atoms with Crippen molar-refractivity contribution in [2.45, 2.75) is 0 Å². The molecule has 0 unspecified atom stereocenters. The Kier molecular flexibility index (Phi) is 4.74. The van der Waals surface area contributed by atoms with Gasteiger partial charge in [-0.3, -0.25) is 4.79 Å². The number of ether oxygens (including phenoxy) is 1. The topological polar surface area (TPSA) is 126 Å². The molecule has 0 aliphatic rings. The normalized spacial score (nSPS) is 9.85. The molecule has 0 fully saturated rings. The molecular formula is C21H14N4O2. The number of ketones is 1. The van der Waals surface area contributed by atoms with Gasteiger partial charge in [0, 0.05) is 22.5 Å². The van der Waals surface area contributed by atoms with Crippen LogP contribution in [-0.2, 0) is 0 Å². The third-order valence-electron chi connectivity index (χ3n) is 3.82. The van der Waals surface area contributed by atoms with Gasteiger partial charge in [0.05, 0.1) is 11.1 Å². The number of nitrogen functional groups attached to an aromatic ring is 2.